The molecule has 3 aromatic rings. The molecule has 0 saturated carbocycles. The molecule has 1 atom stereocenters. The molecule has 0 aromatic heterocycles. The van der Waals surface area contributed by atoms with Crippen LogP contribution in [0.4, 0.5) is 5.69 Å². The Hall–Kier alpha value is -3.68. The van der Waals surface area contributed by atoms with E-state index in [0.717, 1.165) is 58.6 Å². The molecule has 202 valence electrons. The zero-order valence-electron chi connectivity index (χ0n) is 23.2. The third-order valence-electron chi connectivity index (χ3n) is 6.47. The number of amides is 1. The van der Waals surface area contributed by atoms with E-state index in [2.05, 4.69) is 16.3 Å². The van der Waals surface area contributed by atoms with Gasteiger partial charge in [0.25, 0.3) is 5.91 Å². The molecule has 0 radical (unpaired) electrons. The van der Waals surface area contributed by atoms with Gasteiger partial charge in [0.1, 0.15) is 12.4 Å². The fourth-order valence-corrected chi connectivity index (χ4v) is 4.05. The zero-order valence-corrected chi connectivity index (χ0v) is 23.2. The molecular formula is C31H38N2O5. The van der Waals surface area contributed by atoms with E-state index in [1.54, 1.807) is 20.1 Å². The minimum absolute atomic E-state index is 0.160. The fourth-order valence-electron chi connectivity index (χ4n) is 4.05. The first-order valence-corrected chi connectivity index (χ1v) is 12.7. The van der Waals surface area contributed by atoms with Crippen molar-refractivity contribution in [3.05, 3.63) is 82.9 Å². The highest BCUT2D eigenvalue weighted by atomic mass is 16.6. The second kappa shape index (κ2) is 13.7. The largest absolute Gasteiger partial charge is 0.496 e. The molecule has 0 heterocycles. The standard InChI is InChI=1S/C31H38N2O5/c1-21-18-24(9-10-27(21)20-38-31(35)22(2)36-5)23-11-14-28(15-12-23)32-30(34)26-13-16-29(37-6)25(19-26)8-7-17-33(3)4/h9-16,18-19,22H,7-8,17,20H2,1-6H3,(H,32,34). The van der Waals surface area contributed by atoms with E-state index in [-0.39, 0.29) is 18.5 Å². The highest BCUT2D eigenvalue weighted by molar-refractivity contribution is 6.04. The van der Waals surface area contributed by atoms with E-state index in [1.807, 2.05) is 69.6 Å². The summed E-state index contributed by atoms with van der Waals surface area (Å²) >= 11 is 0. The second-order valence-electron chi connectivity index (χ2n) is 9.59. The summed E-state index contributed by atoms with van der Waals surface area (Å²) in [6.45, 7) is 4.82. The number of anilines is 1. The van der Waals surface area contributed by atoms with Gasteiger partial charge in [-0.2, -0.15) is 0 Å². The topological polar surface area (TPSA) is 77.1 Å². The minimum Gasteiger partial charge on any atom is -0.496 e. The van der Waals surface area contributed by atoms with Crippen LogP contribution in [0.15, 0.2) is 60.7 Å². The lowest BCUT2D eigenvalue weighted by Gasteiger charge is -2.13. The van der Waals surface area contributed by atoms with Gasteiger partial charge in [-0.05, 0) is 105 Å². The third-order valence-corrected chi connectivity index (χ3v) is 6.47. The van der Waals surface area contributed by atoms with Crippen molar-refractivity contribution in [3.8, 4) is 16.9 Å². The van der Waals surface area contributed by atoms with E-state index >= 15 is 0 Å². The molecule has 0 bridgehead atoms. The van der Waals surface area contributed by atoms with Crippen molar-refractivity contribution in [2.24, 2.45) is 0 Å². The normalized spacial score (nSPS) is 11.8. The molecule has 7 heteroatoms. The Kier molecular flexibility index (Phi) is 10.4. The average molecular weight is 519 g/mol. The van der Waals surface area contributed by atoms with E-state index < -0.39 is 6.10 Å². The van der Waals surface area contributed by atoms with Crippen LogP contribution in [0.3, 0.4) is 0 Å². The number of benzene rings is 3. The Morgan fingerprint density at radius 2 is 1.63 bits per heavy atom. The number of rotatable bonds is 12. The Balaban J connectivity index is 1.65. The van der Waals surface area contributed by atoms with Gasteiger partial charge in [-0.1, -0.05) is 30.3 Å². The Bertz CT molecular complexity index is 1240. The predicted molar refractivity (Wildman–Crippen MR) is 151 cm³/mol. The van der Waals surface area contributed by atoms with Crippen LogP contribution in [0.1, 0.15) is 40.4 Å². The summed E-state index contributed by atoms with van der Waals surface area (Å²) in [7, 11) is 7.23. The quantitative estimate of drug-likeness (QED) is 0.319. The highest BCUT2D eigenvalue weighted by Gasteiger charge is 2.14. The summed E-state index contributed by atoms with van der Waals surface area (Å²) in [6.07, 6.45) is 1.23. The summed E-state index contributed by atoms with van der Waals surface area (Å²) in [5.74, 6) is 0.254. The van der Waals surface area contributed by atoms with Crippen molar-refractivity contribution in [2.75, 3.05) is 40.2 Å². The number of esters is 1. The van der Waals surface area contributed by atoms with Crippen LogP contribution >= 0.6 is 0 Å². The van der Waals surface area contributed by atoms with Crippen LogP contribution in [0, 0.1) is 6.92 Å². The number of nitrogens with zero attached hydrogens (tertiary/aromatic N) is 1. The van der Waals surface area contributed by atoms with Gasteiger partial charge in [-0.25, -0.2) is 4.79 Å². The van der Waals surface area contributed by atoms with Gasteiger partial charge in [0.2, 0.25) is 0 Å². The Morgan fingerprint density at radius 1 is 0.921 bits per heavy atom. The van der Waals surface area contributed by atoms with Gasteiger partial charge in [0.05, 0.1) is 7.11 Å². The molecule has 1 N–H and O–H groups in total. The maximum Gasteiger partial charge on any atom is 0.335 e. The van der Waals surface area contributed by atoms with Crippen LogP contribution < -0.4 is 10.1 Å². The molecule has 0 fully saturated rings. The van der Waals surface area contributed by atoms with E-state index in [0.29, 0.717) is 5.56 Å². The van der Waals surface area contributed by atoms with Gasteiger partial charge < -0.3 is 24.4 Å². The summed E-state index contributed by atoms with van der Waals surface area (Å²) < 4.78 is 15.8. The van der Waals surface area contributed by atoms with Crippen LogP contribution in [-0.4, -0.2) is 57.7 Å². The van der Waals surface area contributed by atoms with Crippen LogP contribution in [0.25, 0.3) is 11.1 Å². The number of hydrogen-bond acceptors (Lipinski definition) is 6. The van der Waals surface area contributed by atoms with E-state index in [9.17, 15) is 9.59 Å². The van der Waals surface area contributed by atoms with E-state index in [4.69, 9.17) is 14.2 Å². The smallest absolute Gasteiger partial charge is 0.335 e. The number of aryl methyl sites for hydroxylation is 2. The molecule has 0 spiro atoms. The van der Waals surface area contributed by atoms with Crippen molar-refractivity contribution >= 4 is 17.6 Å². The first-order valence-electron chi connectivity index (χ1n) is 12.7. The summed E-state index contributed by atoms with van der Waals surface area (Å²) in [4.78, 5) is 27.0. The first kappa shape index (κ1) is 28.9. The van der Waals surface area contributed by atoms with Crippen molar-refractivity contribution in [1.29, 1.82) is 0 Å². The van der Waals surface area contributed by atoms with Crippen molar-refractivity contribution in [1.82, 2.24) is 4.90 Å². The molecule has 0 aliphatic rings. The number of carbonyl (C=O) groups is 2. The predicted octanol–water partition coefficient (Wildman–Crippen LogP) is 5.50. The molecule has 0 aliphatic heterocycles. The lowest BCUT2D eigenvalue weighted by Crippen LogP contribution is -2.21. The number of nitrogens with one attached hydrogen (secondary N) is 1. The van der Waals surface area contributed by atoms with Crippen molar-refractivity contribution < 1.29 is 23.8 Å². The van der Waals surface area contributed by atoms with Gasteiger partial charge >= 0.3 is 5.97 Å². The molecule has 1 amide bonds. The SMILES string of the molecule is COc1ccc(C(=O)Nc2ccc(-c3ccc(COC(=O)C(C)OC)c(C)c3)cc2)cc1CCCN(C)C. The maximum absolute atomic E-state index is 13.0. The summed E-state index contributed by atoms with van der Waals surface area (Å²) in [5, 5.41) is 2.99. The molecule has 3 aromatic carbocycles. The molecule has 1 unspecified atom stereocenters. The molecule has 0 saturated heterocycles. The van der Waals surface area contributed by atoms with Gasteiger partial charge in [-0.3, -0.25) is 4.79 Å². The maximum atomic E-state index is 13.0. The van der Waals surface area contributed by atoms with Crippen LogP contribution in [-0.2, 0) is 27.3 Å². The monoisotopic (exact) mass is 518 g/mol. The number of carbonyl (C=O) groups excluding carboxylic acids is 2. The minimum atomic E-state index is -0.589. The molecular weight excluding hydrogens is 480 g/mol. The lowest BCUT2D eigenvalue weighted by atomic mass is 10.00. The Labute approximate surface area is 225 Å². The second-order valence-corrected chi connectivity index (χ2v) is 9.59. The molecule has 3 rings (SSSR count). The first-order chi connectivity index (χ1) is 18.2. The van der Waals surface area contributed by atoms with Gasteiger partial charge in [0.15, 0.2) is 6.10 Å². The van der Waals surface area contributed by atoms with Crippen LogP contribution in [0.5, 0.6) is 5.75 Å². The van der Waals surface area contributed by atoms with Crippen LogP contribution in [0.2, 0.25) is 0 Å². The molecule has 0 aliphatic carbocycles. The van der Waals surface area contributed by atoms with Crippen molar-refractivity contribution in [2.45, 2.75) is 39.4 Å². The number of hydrogen-bond donors (Lipinski definition) is 1. The number of ether oxygens (including phenoxy) is 3. The lowest BCUT2D eigenvalue weighted by molar-refractivity contribution is -0.155. The highest BCUT2D eigenvalue weighted by Crippen LogP contribution is 2.26. The Morgan fingerprint density at radius 3 is 2.26 bits per heavy atom. The average Bonchev–Trinajstić information content (AvgIpc) is 2.91. The summed E-state index contributed by atoms with van der Waals surface area (Å²) in [6, 6.07) is 19.3. The number of methoxy groups -OCH3 is 2. The molecule has 7 nitrogen and oxygen atoms in total. The molecule has 38 heavy (non-hydrogen) atoms. The van der Waals surface area contributed by atoms with Gasteiger partial charge in [0, 0.05) is 18.4 Å². The van der Waals surface area contributed by atoms with Gasteiger partial charge in [-0.15, -0.1) is 0 Å². The van der Waals surface area contributed by atoms with E-state index in [1.165, 1.54) is 7.11 Å². The fraction of sp³-hybridized carbons (Fsp3) is 0.355. The zero-order chi connectivity index (χ0) is 27.7. The van der Waals surface area contributed by atoms with Crippen molar-refractivity contribution in [3.63, 3.8) is 0 Å². The third kappa shape index (κ3) is 7.91. The summed E-state index contributed by atoms with van der Waals surface area (Å²) in [5.41, 5.74) is 6.37.